The van der Waals surface area contributed by atoms with Crippen LogP contribution in [0.3, 0.4) is 0 Å². The van der Waals surface area contributed by atoms with Gasteiger partial charge in [-0.2, -0.15) is 12.7 Å². The molecule has 4 fully saturated rings. The number of carbonyl (C=O) groups is 4. The Balaban J connectivity index is 0.727. The van der Waals surface area contributed by atoms with Gasteiger partial charge in [-0.3, -0.25) is 29.2 Å². The molecule has 1 aliphatic carbocycles. The van der Waals surface area contributed by atoms with E-state index in [1.807, 2.05) is 47.2 Å². The van der Waals surface area contributed by atoms with E-state index in [1.165, 1.54) is 6.20 Å². The van der Waals surface area contributed by atoms with Crippen molar-refractivity contribution < 1.29 is 50.2 Å². The van der Waals surface area contributed by atoms with Crippen molar-refractivity contribution in [3.05, 3.63) is 107 Å². The van der Waals surface area contributed by atoms with Gasteiger partial charge in [0, 0.05) is 85.7 Å². The summed E-state index contributed by atoms with van der Waals surface area (Å²) in [4.78, 5) is 62.1. The molecule has 0 radical (unpaired) electrons. The van der Waals surface area contributed by atoms with Crippen molar-refractivity contribution in [2.24, 2.45) is 0 Å². The maximum atomic E-state index is 15.7. The molecule has 3 aromatic carbocycles. The highest BCUT2D eigenvalue weighted by atomic mass is 32.2. The van der Waals surface area contributed by atoms with E-state index in [4.69, 9.17) is 9.47 Å². The predicted octanol–water partition coefficient (Wildman–Crippen LogP) is 6.19. The molecule has 0 spiro atoms. The molecular formula is C47H46F3N7O8S. The number of alkyl halides is 1. The number of piperidine rings is 2. The van der Waals surface area contributed by atoms with Gasteiger partial charge in [-0.15, -0.1) is 0 Å². The fourth-order valence-corrected chi connectivity index (χ4v) is 11.0. The number of halogens is 3. The lowest BCUT2D eigenvalue weighted by Crippen LogP contribution is -2.52. The summed E-state index contributed by atoms with van der Waals surface area (Å²) in [7, 11) is -4.36. The van der Waals surface area contributed by atoms with Crippen LogP contribution in [0.5, 0.6) is 5.75 Å². The van der Waals surface area contributed by atoms with Gasteiger partial charge in [0.25, 0.3) is 5.91 Å². The monoisotopic (exact) mass is 925 g/mol. The molecule has 344 valence electrons. The van der Waals surface area contributed by atoms with Gasteiger partial charge >= 0.3 is 10.2 Å². The van der Waals surface area contributed by atoms with Crippen molar-refractivity contribution in [3.63, 3.8) is 0 Å². The van der Waals surface area contributed by atoms with Crippen LogP contribution in [0.2, 0.25) is 0 Å². The summed E-state index contributed by atoms with van der Waals surface area (Å²) in [5.74, 6) is -3.84. The molecule has 15 nitrogen and oxygen atoms in total. The van der Waals surface area contributed by atoms with Gasteiger partial charge in [-0.05, 0) is 98.2 Å². The number of benzene rings is 3. The van der Waals surface area contributed by atoms with Gasteiger partial charge in [-0.1, -0.05) is 12.1 Å². The number of nitrogens with one attached hydrogen (secondary N) is 3. The third kappa shape index (κ3) is 8.50. The minimum Gasteiger partial charge on any atom is -0.490 e. The van der Waals surface area contributed by atoms with E-state index >= 15 is 8.78 Å². The predicted molar refractivity (Wildman–Crippen MR) is 236 cm³/mol. The molecule has 1 unspecified atom stereocenters. The molecule has 1 saturated carbocycles. The first kappa shape index (κ1) is 43.6. The third-order valence-electron chi connectivity index (χ3n) is 13.3. The lowest BCUT2D eigenvalue weighted by molar-refractivity contribution is -0.136. The lowest BCUT2D eigenvalue weighted by atomic mass is 10.00. The van der Waals surface area contributed by atoms with Gasteiger partial charge < -0.3 is 24.3 Å². The van der Waals surface area contributed by atoms with Crippen LogP contribution in [0.1, 0.15) is 83.2 Å². The van der Waals surface area contributed by atoms with Crippen molar-refractivity contribution in [1.29, 1.82) is 0 Å². The van der Waals surface area contributed by atoms with Gasteiger partial charge in [0.1, 0.15) is 35.5 Å². The van der Waals surface area contributed by atoms with E-state index in [9.17, 15) is 32.0 Å². The van der Waals surface area contributed by atoms with Crippen LogP contribution in [-0.4, -0.2) is 108 Å². The Morgan fingerprint density at radius 1 is 0.864 bits per heavy atom. The minimum absolute atomic E-state index is 0.00335. The number of carbonyl (C=O) groups excluding carboxylic acids is 4. The Hall–Kier alpha value is -6.31. The molecule has 2 aromatic heterocycles. The number of nitrogens with zero attached hydrogens (tertiary/aromatic N) is 4. The van der Waals surface area contributed by atoms with Crippen LogP contribution < -0.4 is 19.7 Å². The normalized spacial score (nSPS) is 22.9. The van der Waals surface area contributed by atoms with Gasteiger partial charge in [0.05, 0.1) is 23.5 Å². The van der Waals surface area contributed by atoms with Crippen LogP contribution in [0, 0.1) is 11.6 Å². The van der Waals surface area contributed by atoms with E-state index in [1.54, 1.807) is 17.2 Å². The van der Waals surface area contributed by atoms with Crippen LogP contribution in [-0.2, 0) is 31.1 Å². The number of anilines is 2. The van der Waals surface area contributed by atoms with Crippen molar-refractivity contribution in [2.75, 3.05) is 35.8 Å². The zero-order chi connectivity index (χ0) is 45.9. The molecular weight excluding hydrogens is 880 g/mol. The second kappa shape index (κ2) is 17.5. The highest BCUT2D eigenvalue weighted by Crippen LogP contribution is 2.35. The first-order chi connectivity index (χ1) is 31.8. The van der Waals surface area contributed by atoms with Crippen LogP contribution in [0.15, 0.2) is 73.1 Å². The fourth-order valence-electron chi connectivity index (χ4n) is 9.76. The van der Waals surface area contributed by atoms with Crippen molar-refractivity contribution in [1.82, 2.24) is 24.5 Å². The van der Waals surface area contributed by atoms with Crippen LogP contribution >= 0.6 is 0 Å². The number of hydrogen-bond donors (Lipinski definition) is 3. The largest absolute Gasteiger partial charge is 0.490 e. The summed E-state index contributed by atoms with van der Waals surface area (Å²) in [5.41, 5.74) is 2.53. The summed E-state index contributed by atoms with van der Waals surface area (Å²) in [6.07, 6.45) is 6.42. The molecule has 3 amide bonds. The second-order valence-corrected chi connectivity index (χ2v) is 19.2. The fraction of sp³-hybridized carbons (Fsp3) is 0.383. The van der Waals surface area contributed by atoms with E-state index in [2.05, 4.69) is 20.2 Å². The summed E-state index contributed by atoms with van der Waals surface area (Å²) in [6, 6.07) is 16.0. The number of imide groups is 1. The van der Waals surface area contributed by atoms with Gasteiger partial charge in [0.15, 0.2) is 5.82 Å². The van der Waals surface area contributed by atoms with Crippen molar-refractivity contribution >= 4 is 56.1 Å². The smallest absolute Gasteiger partial charge is 0.301 e. The molecule has 0 bridgehead atoms. The number of ether oxygens (including phenoxy) is 2. The summed E-state index contributed by atoms with van der Waals surface area (Å²) in [5, 5.41) is 2.65. The van der Waals surface area contributed by atoms with E-state index in [-0.39, 0.29) is 55.1 Å². The molecule has 4 atom stereocenters. The third-order valence-corrected chi connectivity index (χ3v) is 14.8. The summed E-state index contributed by atoms with van der Waals surface area (Å²) in [6.45, 7) is 1.45. The number of hydrogen-bond acceptors (Lipinski definition) is 10. The van der Waals surface area contributed by atoms with Crippen molar-refractivity contribution in [2.45, 2.75) is 88.4 Å². The number of aromatic amines is 1. The quantitative estimate of drug-likeness (QED) is 0.0965. The first-order valence-electron chi connectivity index (χ1n) is 22.1. The van der Waals surface area contributed by atoms with E-state index < -0.39 is 63.5 Å². The standard InChI is InChI=1S/C47H46F3N7O8S/c48-29-13-18-56(25-29)66(62,63)54-39-10-9-38(49)42(43(39)50)44(59)37-23-52-45-36(37)20-27(22-51-45)26-1-4-31(5-2-26)64-33-6-7-34(21-33)65-32-14-16-55(17-15-32)30-3-8-35-28(19-30)24-57(47(35)61)40-11-12-41(58)53-46(40)60/h1-5,8-10,19-20,22-23,29,32-34,40,54H,6-7,11-18,21,24-25H2,(H,51,52)(H,53,58,60)/t29-,33-,34+,40?/m1/s1. The lowest BCUT2D eigenvalue weighted by Gasteiger charge is -2.35. The van der Waals surface area contributed by atoms with Gasteiger partial charge in [-0.25, -0.2) is 18.2 Å². The molecule has 5 aromatic rings. The zero-order valence-corrected chi connectivity index (χ0v) is 36.4. The SMILES string of the molecule is O=C1CCC(N2Cc3cc(N4CCC(O[C@H]5CC[C@@H](Oc6ccc(-c7cnc8[nH]cc(C(=O)c9c(F)ccc(NS(=O)(=O)N%10CC[C@@H](F)C%10)c9F)c8c7)cc6)C5)CC4)ccc3C2=O)C(=O)N1. The Labute approximate surface area is 377 Å². The maximum Gasteiger partial charge on any atom is 0.301 e. The average molecular weight is 926 g/mol. The molecule has 3 N–H and O–H groups in total. The maximum absolute atomic E-state index is 15.7. The average Bonchev–Trinajstić information content (AvgIpc) is 4.12. The topological polar surface area (TPSA) is 183 Å². The van der Waals surface area contributed by atoms with Crippen LogP contribution in [0.25, 0.3) is 22.2 Å². The summed E-state index contributed by atoms with van der Waals surface area (Å²) >= 11 is 0. The molecule has 66 heavy (non-hydrogen) atoms. The Morgan fingerprint density at radius 3 is 2.41 bits per heavy atom. The Bertz CT molecular complexity index is 2870. The molecule has 4 aliphatic heterocycles. The number of ketones is 1. The highest BCUT2D eigenvalue weighted by Gasteiger charge is 2.40. The first-order valence-corrected chi connectivity index (χ1v) is 23.6. The van der Waals surface area contributed by atoms with Crippen molar-refractivity contribution in [3.8, 4) is 16.9 Å². The van der Waals surface area contributed by atoms with E-state index in [0.717, 1.165) is 78.4 Å². The zero-order valence-electron chi connectivity index (χ0n) is 35.6. The van der Waals surface area contributed by atoms with E-state index in [0.29, 0.717) is 40.9 Å². The Morgan fingerprint density at radius 2 is 1.65 bits per heavy atom. The van der Waals surface area contributed by atoms with Crippen LogP contribution in [0.4, 0.5) is 24.5 Å². The number of pyridine rings is 1. The number of amides is 3. The highest BCUT2D eigenvalue weighted by molar-refractivity contribution is 7.90. The second-order valence-electron chi connectivity index (χ2n) is 17.5. The number of rotatable bonds is 12. The summed E-state index contributed by atoms with van der Waals surface area (Å²) < 4.78 is 86.0. The minimum atomic E-state index is -4.36. The Kier molecular flexibility index (Phi) is 11.5. The molecule has 5 aliphatic rings. The molecule has 10 rings (SSSR count). The number of aromatic nitrogens is 2. The van der Waals surface area contributed by atoms with Gasteiger partial charge in [0.2, 0.25) is 17.6 Å². The molecule has 3 saturated heterocycles. The molecule has 19 heteroatoms. The number of fused-ring (bicyclic) bond motifs is 2. The molecule has 6 heterocycles. The number of H-pyrrole nitrogens is 1.